The summed E-state index contributed by atoms with van der Waals surface area (Å²) in [5.74, 6) is 2.12. The Hall–Kier alpha value is -1.88. The van der Waals surface area contributed by atoms with Crippen LogP contribution in [0.3, 0.4) is 0 Å². The van der Waals surface area contributed by atoms with Crippen molar-refractivity contribution in [3.63, 3.8) is 0 Å². The number of aliphatic hydroxyl groups is 1. The average molecular weight is 382 g/mol. The predicted molar refractivity (Wildman–Crippen MR) is 110 cm³/mol. The van der Waals surface area contributed by atoms with E-state index >= 15 is 0 Å². The SMILES string of the molecule is COc1ccc(COCCN2C[C@@H]3CC(O)(Cc4ccccc4)C[C@@H]3C2)cc1. The summed E-state index contributed by atoms with van der Waals surface area (Å²) in [6.45, 7) is 4.54. The van der Waals surface area contributed by atoms with E-state index in [-0.39, 0.29) is 0 Å². The maximum atomic E-state index is 11.1. The Morgan fingerprint density at radius 2 is 1.64 bits per heavy atom. The third-order valence-electron chi connectivity index (χ3n) is 6.29. The highest BCUT2D eigenvalue weighted by atomic mass is 16.5. The average Bonchev–Trinajstić information content (AvgIpc) is 3.20. The van der Waals surface area contributed by atoms with Gasteiger partial charge in [0.25, 0.3) is 0 Å². The van der Waals surface area contributed by atoms with Gasteiger partial charge in [-0.15, -0.1) is 0 Å². The standard InChI is InChI=1S/C24H31NO3/c1-27-23-9-7-20(8-10-23)18-28-12-11-25-16-21-14-24(26,15-22(21)17-25)13-19-5-3-2-4-6-19/h2-10,21-22,26H,11-18H2,1H3/t21-,22+,24?. The number of hydrogen-bond acceptors (Lipinski definition) is 4. The first-order chi connectivity index (χ1) is 13.6. The van der Waals surface area contributed by atoms with Crippen molar-refractivity contribution in [1.82, 2.24) is 4.90 Å². The van der Waals surface area contributed by atoms with Gasteiger partial charge in [0.2, 0.25) is 0 Å². The molecule has 2 aromatic carbocycles. The van der Waals surface area contributed by atoms with E-state index in [1.165, 1.54) is 11.1 Å². The molecule has 1 N–H and O–H groups in total. The highest BCUT2D eigenvalue weighted by Gasteiger charge is 2.47. The van der Waals surface area contributed by atoms with Gasteiger partial charge in [0, 0.05) is 26.1 Å². The molecule has 4 nitrogen and oxygen atoms in total. The summed E-state index contributed by atoms with van der Waals surface area (Å²) in [5, 5.41) is 11.1. The fourth-order valence-corrected chi connectivity index (χ4v) is 4.97. The molecule has 1 aliphatic heterocycles. The topological polar surface area (TPSA) is 41.9 Å². The van der Waals surface area contributed by atoms with Gasteiger partial charge in [0.1, 0.15) is 5.75 Å². The molecule has 0 radical (unpaired) electrons. The smallest absolute Gasteiger partial charge is 0.118 e. The largest absolute Gasteiger partial charge is 0.497 e. The van der Waals surface area contributed by atoms with Crippen LogP contribution in [-0.2, 0) is 17.8 Å². The Labute approximate surface area is 168 Å². The predicted octanol–water partition coefficient (Wildman–Crippen LogP) is 3.53. The molecule has 1 aliphatic carbocycles. The van der Waals surface area contributed by atoms with Crippen LogP contribution in [0, 0.1) is 11.8 Å². The number of benzene rings is 2. The molecule has 3 atom stereocenters. The van der Waals surface area contributed by atoms with Gasteiger partial charge in [-0.05, 0) is 47.9 Å². The maximum absolute atomic E-state index is 11.1. The van der Waals surface area contributed by atoms with E-state index in [2.05, 4.69) is 29.2 Å². The molecule has 0 aromatic heterocycles. The Balaban J connectivity index is 1.18. The monoisotopic (exact) mass is 381 g/mol. The van der Waals surface area contributed by atoms with E-state index in [1.807, 2.05) is 30.3 Å². The molecule has 28 heavy (non-hydrogen) atoms. The fourth-order valence-electron chi connectivity index (χ4n) is 4.97. The van der Waals surface area contributed by atoms with Gasteiger partial charge in [0.05, 0.1) is 25.9 Å². The van der Waals surface area contributed by atoms with Crippen LogP contribution in [0.1, 0.15) is 24.0 Å². The van der Waals surface area contributed by atoms with E-state index in [0.29, 0.717) is 18.4 Å². The second kappa shape index (κ2) is 8.64. The first kappa shape index (κ1) is 19.4. The van der Waals surface area contributed by atoms with Gasteiger partial charge in [-0.3, -0.25) is 0 Å². The summed E-state index contributed by atoms with van der Waals surface area (Å²) in [6, 6.07) is 18.4. The van der Waals surface area contributed by atoms with Gasteiger partial charge in [-0.1, -0.05) is 42.5 Å². The van der Waals surface area contributed by atoms with Crippen LogP contribution in [0.15, 0.2) is 54.6 Å². The number of methoxy groups -OCH3 is 1. The van der Waals surface area contributed by atoms with E-state index in [0.717, 1.165) is 51.3 Å². The molecule has 0 bridgehead atoms. The van der Waals surface area contributed by atoms with Gasteiger partial charge in [-0.25, -0.2) is 0 Å². The second-order valence-electron chi connectivity index (χ2n) is 8.48. The number of nitrogens with zero attached hydrogens (tertiary/aromatic N) is 1. The minimum atomic E-state index is -0.520. The van der Waals surface area contributed by atoms with Crippen LogP contribution in [-0.4, -0.2) is 49.0 Å². The van der Waals surface area contributed by atoms with Crippen molar-refractivity contribution in [2.24, 2.45) is 11.8 Å². The zero-order valence-electron chi connectivity index (χ0n) is 16.7. The maximum Gasteiger partial charge on any atom is 0.118 e. The summed E-state index contributed by atoms with van der Waals surface area (Å²) in [6.07, 6.45) is 2.64. The molecule has 0 amide bonds. The Kier molecular flexibility index (Phi) is 6.00. The highest BCUT2D eigenvalue weighted by molar-refractivity contribution is 5.26. The lowest BCUT2D eigenvalue weighted by Gasteiger charge is -2.26. The zero-order chi connectivity index (χ0) is 19.4. The Bertz CT molecular complexity index is 732. The van der Waals surface area contributed by atoms with Crippen molar-refractivity contribution in [2.75, 3.05) is 33.4 Å². The van der Waals surface area contributed by atoms with Crippen molar-refractivity contribution in [1.29, 1.82) is 0 Å². The molecule has 0 spiro atoms. The molecule has 4 rings (SSSR count). The van der Waals surface area contributed by atoms with Crippen LogP contribution in [0.2, 0.25) is 0 Å². The number of ether oxygens (including phenoxy) is 2. The van der Waals surface area contributed by atoms with E-state index in [4.69, 9.17) is 9.47 Å². The molecular formula is C24H31NO3. The van der Waals surface area contributed by atoms with Crippen LogP contribution in [0.5, 0.6) is 5.75 Å². The van der Waals surface area contributed by atoms with Crippen molar-refractivity contribution in [3.8, 4) is 5.75 Å². The first-order valence-corrected chi connectivity index (χ1v) is 10.3. The fraction of sp³-hybridized carbons (Fsp3) is 0.500. The number of hydrogen-bond donors (Lipinski definition) is 1. The van der Waals surface area contributed by atoms with Crippen molar-refractivity contribution in [3.05, 3.63) is 65.7 Å². The lowest BCUT2D eigenvalue weighted by atomic mass is 9.91. The van der Waals surface area contributed by atoms with E-state index in [1.54, 1.807) is 7.11 Å². The summed E-state index contributed by atoms with van der Waals surface area (Å²) in [4.78, 5) is 2.51. The van der Waals surface area contributed by atoms with Crippen LogP contribution < -0.4 is 4.74 Å². The minimum Gasteiger partial charge on any atom is -0.497 e. The molecule has 1 saturated heterocycles. The summed E-state index contributed by atoms with van der Waals surface area (Å²) in [5.41, 5.74) is 1.90. The number of likely N-dealkylation sites (tertiary alicyclic amines) is 1. The lowest BCUT2D eigenvalue weighted by Crippen LogP contribution is -2.33. The minimum absolute atomic E-state index is 0.520. The van der Waals surface area contributed by atoms with Crippen molar-refractivity contribution in [2.45, 2.75) is 31.5 Å². The van der Waals surface area contributed by atoms with Gasteiger partial charge >= 0.3 is 0 Å². The van der Waals surface area contributed by atoms with Gasteiger partial charge < -0.3 is 19.5 Å². The summed E-state index contributed by atoms with van der Waals surface area (Å²) >= 11 is 0. The third-order valence-corrected chi connectivity index (χ3v) is 6.29. The molecule has 2 aliphatic rings. The first-order valence-electron chi connectivity index (χ1n) is 10.3. The molecule has 2 fully saturated rings. The molecule has 150 valence electrons. The van der Waals surface area contributed by atoms with Crippen LogP contribution >= 0.6 is 0 Å². The molecule has 1 saturated carbocycles. The molecule has 1 heterocycles. The van der Waals surface area contributed by atoms with Gasteiger partial charge in [0.15, 0.2) is 0 Å². The van der Waals surface area contributed by atoms with Crippen LogP contribution in [0.25, 0.3) is 0 Å². The molecular weight excluding hydrogens is 350 g/mol. The molecule has 2 aromatic rings. The Morgan fingerprint density at radius 3 is 2.29 bits per heavy atom. The lowest BCUT2D eigenvalue weighted by molar-refractivity contribution is 0.0331. The summed E-state index contributed by atoms with van der Waals surface area (Å²) < 4.78 is 11.0. The third kappa shape index (κ3) is 4.75. The number of rotatable bonds is 8. The zero-order valence-corrected chi connectivity index (χ0v) is 16.7. The molecule has 1 unspecified atom stereocenters. The van der Waals surface area contributed by atoms with E-state index < -0.39 is 5.60 Å². The normalized spacial score (nSPS) is 27.1. The van der Waals surface area contributed by atoms with Crippen molar-refractivity contribution >= 4 is 0 Å². The quantitative estimate of drug-likeness (QED) is 0.711. The highest BCUT2D eigenvalue weighted by Crippen LogP contribution is 2.45. The number of fused-ring (bicyclic) bond motifs is 1. The molecule has 4 heteroatoms. The second-order valence-corrected chi connectivity index (χ2v) is 8.48. The van der Waals surface area contributed by atoms with Gasteiger partial charge in [-0.2, -0.15) is 0 Å². The van der Waals surface area contributed by atoms with E-state index in [9.17, 15) is 5.11 Å². The Morgan fingerprint density at radius 1 is 0.964 bits per heavy atom. The van der Waals surface area contributed by atoms with Crippen LogP contribution in [0.4, 0.5) is 0 Å². The van der Waals surface area contributed by atoms with Crippen molar-refractivity contribution < 1.29 is 14.6 Å². The summed E-state index contributed by atoms with van der Waals surface area (Å²) in [7, 11) is 1.68.